The molecule has 3 heteroatoms. The van der Waals surface area contributed by atoms with Crippen LogP contribution in [0.15, 0.2) is 18.2 Å². The first kappa shape index (κ1) is 16.8. The Hall–Kier alpha value is -1.64. The zero-order valence-corrected chi connectivity index (χ0v) is 15.3. The highest BCUT2D eigenvalue weighted by atomic mass is 16.5. The summed E-state index contributed by atoms with van der Waals surface area (Å²) in [5, 5.41) is 0. The minimum absolute atomic E-state index is 0.154. The molecule has 0 radical (unpaired) electrons. The summed E-state index contributed by atoms with van der Waals surface area (Å²) in [5.41, 5.74) is 2.75. The second kappa shape index (κ2) is 6.26. The number of benzene rings is 1. The van der Waals surface area contributed by atoms with E-state index in [4.69, 9.17) is 4.74 Å². The molecule has 25 heavy (non-hydrogen) atoms. The molecule has 3 aliphatic carbocycles. The highest BCUT2D eigenvalue weighted by Crippen LogP contribution is 2.62. The fourth-order valence-corrected chi connectivity index (χ4v) is 6.29. The molecule has 3 nitrogen and oxygen atoms in total. The van der Waals surface area contributed by atoms with Gasteiger partial charge >= 0.3 is 0 Å². The molecule has 3 aliphatic rings. The van der Waals surface area contributed by atoms with E-state index in [9.17, 15) is 9.59 Å². The van der Waals surface area contributed by atoms with Gasteiger partial charge in [-0.25, -0.2) is 0 Å². The highest BCUT2D eigenvalue weighted by molar-refractivity contribution is 5.87. The molecule has 2 saturated carbocycles. The average Bonchev–Trinajstić information content (AvgIpc) is 2.89. The lowest BCUT2D eigenvalue weighted by atomic mass is 9.54. The van der Waals surface area contributed by atoms with Gasteiger partial charge < -0.3 is 9.53 Å². The molecule has 4 rings (SSSR count). The van der Waals surface area contributed by atoms with E-state index < -0.39 is 0 Å². The van der Waals surface area contributed by atoms with E-state index in [1.165, 1.54) is 11.1 Å². The van der Waals surface area contributed by atoms with Crippen LogP contribution in [0, 0.1) is 23.2 Å². The summed E-state index contributed by atoms with van der Waals surface area (Å²) in [6.45, 7) is 2.21. The van der Waals surface area contributed by atoms with Crippen molar-refractivity contribution in [2.45, 2.75) is 57.8 Å². The summed E-state index contributed by atoms with van der Waals surface area (Å²) < 4.78 is 5.40. The van der Waals surface area contributed by atoms with Gasteiger partial charge in [0, 0.05) is 18.3 Å². The smallest absolute Gasteiger partial charge is 0.139 e. The molecule has 5 atom stereocenters. The second-order valence-electron chi connectivity index (χ2n) is 8.49. The third-order valence-electron chi connectivity index (χ3n) is 7.43. The van der Waals surface area contributed by atoms with Gasteiger partial charge in [0.2, 0.25) is 0 Å². The number of methoxy groups -OCH3 is 1. The van der Waals surface area contributed by atoms with Crippen LogP contribution in [0.5, 0.6) is 5.75 Å². The van der Waals surface area contributed by atoms with Crippen molar-refractivity contribution in [1.29, 1.82) is 0 Å². The van der Waals surface area contributed by atoms with Crippen molar-refractivity contribution in [3.05, 3.63) is 29.3 Å². The van der Waals surface area contributed by atoms with Crippen molar-refractivity contribution in [2.24, 2.45) is 23.2 Å². The van der Waals surface area contributed by atoms with Crippen LogP contribution in [0.25, 0.3) is 0 Å². The van der Waals surface area contributed by atoms with Crippen LogP contribution < -0.4 is 4.74 Å². The van der Waals surface area contributed by atoms with Crippen molar-refractivity contribution in [3.63, 3.8) is 0 Å². The van der Waals surface area contributed by atoms with E-state index in [0.29, 0.717) is 42.3 Å². The maximum atomic E-state index is 12.8. The first-order chi connectivity index (χ1) is 12.1. The molecule has 0 saturated heterocycles. The standard InChI is InChI=1S/C22H28O3/c1-22-10-9-18-17-8-6-16(25-2)12-14(17)5-7-19(18)21(22)15(4-3-11-23)13-20(22)24/h6,8,11-12,15,18-19,21H,3-5,7,9-10,13H2,1-2H3/t15-,18-,19-,21+,22-/m1/s1. The molecule has 0 amide bonds. The zero-order valence-electron chi connectivity index (χ0n) is 15.3. The van der Waals surface area contributed by atoms with Crippen molar-refractivity contribution in [1.82, 2.24) is 0 Å². The number of aryl methyl sites for hydroxylation is 1. The molecule has 0 bridgehead atoms. The third kappa shape index (κ3) is 2.54. The number of ketones is 1. The average molecular weight is 340 g/mol. The Morgan fingerprint density at radius 3 is 2.92 bits per heavy atom. The van der Waals surface area contributed by atoms with Crippen molar-refractivity contribution < 1.29 is 14.3 Å². The molecular weight excluding hydrogens is 312 g/mol. The molecular formula is C22H28O3. The van der Waals surface area contributed by atoms with Gasteiger partial charge in [0.25, 0.3) is 0 Å². The van der Waals surface area contributed by atoms with Crippen LogP contribution in [-0.4, -0.2) is 19.2 Å². The van der Waals surface area contributed by atoms with Crippen LogP contribution in [0.4, 0.5) is 0 Å². The molecule has 0 aromatic heterocycles. The van der Waals surface area contributed by atoms with Gasteiger partial charge in [-0.2, -0.15) is 0 Å². The summed E-state index contributed by atoms with van der Waals surface area (Å²) in [6, 6.07) is 6.53. The predicted octanol–water partition coefficient (Wildman–Crippen LogP) is 4.33. The molecule has 0 spiro atoms. The lowest BCUT2D eigenvalue weighted by Crippen LogP contribution is -2.44. The third-order valence-corrected chi connectivity index (χ3v) is 7.43. The number of rotatable bonds is 4. The molecule has 0 aliphatic heterocycles. The summed E-state index contributed by atoms with van der Waals surface area (Å²) in [5.74, 6) is 3.40. The molecule has 0 heterocycles. The highest BCUT2D eigenvalue weighted by Gasteiger charge is 2.58. The number of carbonyl (C=O) groups is 2. The fraction of sp³-hybridized carbons (Fsp3) is 0.636. The lowest BCUT2D eigenvalue weighted by Gasteiger charge is -2.50. The number of Topliss-reactive ketones (excluding diaryl/α,β-unsaturated/α-hetero) is 1. The Kier molecular flexibility index (Phi) is 4.21. The lowest BCUT2D eigenvalue weighted by molar-refractivity contribution is -0.129. The molecule has 1 aromatic rings. The summed E-state index contributed by atoms with van der Waals surface area (Å²) in [6.07, 6.45) is 7.54. The van der Waals surface area contributed by atoms with Gasteiger partial charge in [0.1, 0.15) is 17.8 Å². The monoisotopic (exact) mass is 340 g/mol. The molecule has 1 aromatic carbocycles. The van der Waals surface area contributed by atoms with Gasteiger partial charge in [0.15, 0.2) is 0 Å². The number of hydrogen-bond donors (Lipinski definition) is 0. The molecule has 0 unspecified atom stereocenters. The maximum absolute atomic E-state index is 12.8. The fourth-order valence-electron chi connectivity index (χ4n) is 6.29. The van der Waals surface area contributed by atoms with Gasteiger partial charge in [-0.15, -0.1) is 0 Å². The second-order valence-corrected chi connectivity index (χ2v) is 8.49. The first-order valence-corrected chi connectivity index (χ1v) is 9.72. The molecule has 0 N–H and O–H groups in total. The van der Waals surface area contributed by atoms with Crippen LogP contribution in [0.1, 0.15) is 62.5 Å². The van der Waals surface area contributed by atoms with Gasteiger partial charge in [-0.3, -0.25) is 4.79 Å². The number of fused-ring (bicyclic) bond motifs is 5. The Bertz CT molecular complexity index is 695. The molecule has 2 fully saturated rings. The molecule has 134 valence electrons. The number of carbonyl (C=O) groups excluding carboxylic acids is 2. The van der Waals surface area contributed by atoms with Crippen molar-refractivity contribution >= 4 is 12.1 Å². The van der Waals surface area contributed by atoms with Crippen molar-refractivity contribution in [3.8, 4) is 5.75 Å². The number of ether oxygens (including phenoxy) is 1. The Morgan fingerprint density at radius 1 is 1.32 bits per heavy atom. The Morgan fingerprint density at radius 2 is 2.16 bits per heavy atom. The predicted molar refractivity (Wildman–Crippen MR) is 96.8 cm³/mol. The van der Waals surface area contributed by atoms with Crippen LogP contribution >= 0.6 is 0 Å². The SMILES string of the molecule is COc1ccc2c(c1)CC[C@H]1[C@@H]3[C@H](CCC=O)CC(=O)[C@@]3(C)CC[C@H]21. The van der Waals surface area contributed by atoms with Gasteiger partial charge in [-0.05, 0) is 79.0 Å². The summed E-state index contributed by atoms with van der Waals surface area (Å²) >= 11 is 0. The quantitative estimate of drug-likeness (QED) is 0.767. The minimum Gasteiger partial charge on any atom is -0.497 e. The summed E-state index contributed by atoms with van der Waals surface area (Å²) in [4.78, 5) is 23.7. The van der Waals surface area contributed by atoms with Crippen LogP contribution in [0.2, 0.25) is 0 Å². The van der Waals surface area contributed by atoms with E-state index in [2.05, 4.69) is 25.1 Å². The first-order valence-electron chi connectivity index (χ1n) is 9.72. The van der Waals surface area contributed by atoms with Crippen LogP contribution in [0.3, 0.4) is 0 Å². The van der Waals surface area contributed by atoms with E-state index in [0.717, 1.165) is 44.1 Å². The number of aldehydes is 1. The largest absolute Gasteiger partial charge is 0.497 e. The topological polar surface area (TPSA) is 43.4 Å². The van der Waals surface area contributed by atoms with Crippen LogP contribution in [-0.2, 0) is 16.0 Å². The Balaban J connectivity index is 1.68. The number of hydrogen-bond acceptors (Lipinski definition) is 3. The van der Waals surface area contributed by atoms with E-state index in [-0.39, 0.29) is 5.41 Å². The normalized spacial score (nSPS) is 36.3. The van der Waals surface area contributed by atoms with E-state index in [1.54, 1.807) is 7.11 Å². The Labute approximate surface area is 150 Å². The minimum atomic E-state index is -0.154. The zero-order chi connectivity index (χ0) is 17.6. The van der Waals surface area contributed by atoms with E-state index in [1.807, 2.05) is 0 Å². The van der Waals surface area contributed by atoms with E-state index >= 15 is 0 Å². The summed E-state index contributed by atoms with van der Waals surface area (Å²) in [7, 11) is 1.72. The van der Waals surface area contributed by atoms with Gasteiger partial charge in [0.05, 0.1) is 7.11 Å². The van der Waals surface area contributed by atoms with Crippen molar-refractivity contribution in [2.75, 3.05) is 7.11 Å². The van der Waals surface area contributed by atoms with Gasteiger partial charge in [-0.1, -0.05) is 13.0 Å². The maximum Gasteiger partial charge on any atom is 0.139 e.